The third-order valence-electron chi connectivity index (χ3n) is 1.98. The van der Waals surface area contributed by atoms with E-state index < -0.39 is 0 Å². The average Bonchev–Trinajstić information content (AvgIpc) is 1.81. The summed E-state index contributed by atoms with van der Waals surface area (Å²) in [7, 11) is 0. The van der Waals surface area contributed by atoms with Crippen LogP contribution < -0.4 is 0 Å². The first-order chi connectivity index (χ1) is 5.75. The Labute approximate surface area is 82.3 Å². The van der Waals surface area contributed by atoms with Crippen molar-refractivity contribution in [1.29, 1.82) is 0 Å². The molecule has 80 valence electrons. The Bertz CT molecular complexity index is 134. The predicted octanol–water partition coefficient (Wildman–Crippen LogP) is 2.45. The molecule has 0 spiro atoms. The van der Waals surface area contributed by atoms with Crippen molar-refractivity contribution >= 4 is 0 Å². The molecule has 0 heterocycles. The molecule has 1 N–H and O–H groups in total. The van der Waals surface area contributed by atoms with Crippen LogP contribution in [0.25, 0.3) is 0 Å². The van der Waals surface area contributed by atoms with Gasteiger partial charge in [0.15, 0.2) is 0 Å². The molecule has 0 bridgehead atoms. The first-order valence-electron chi connectivity index (χ1n) is 5.04. The van der Waals surface area contributed by atoms with Crippen LogP contribution in [-0.4, -0.2) is 23.9 Å². The largest absolute Gasteiger partial charge is 0.391 e. The zero-order valence-corrected chi connectivity index (χ0v) is 9.79. The van der Waals surface area contributed by atoms with Gasteiger partial charge in [0.1, 0.15) is 0 Å². The van der Waals surface area contributed by atoms with Crippen LogP contribution in [0.15, 0.2) is 0 Å². The predicted molar refractivity (Wildman–Crippen MR) is 55.7 cm³/mol. The standard InChI is InChI=1S/C11H24O2/c1-8(2)10(11(4,5)6)13-7-9(3)12/h8-10,12H,7H2,1-6H3. The van der Waals surface area contributed by atoms with E-state index >= 15 is 0 Å². The van der Waals surface area contributed by atoms with E-state index in [1.54, 1.807) is 6.92 Å². The Kier molecular flexibility index (Phi) is 4.93. The number of rotatable bonds is 4. The van der Waals surface area contributed by atoms with Crippen molar-refractivity contribution in [2.45, 2.75) is 53.8 Å². The zero-order valence-electron chi connectivity index (χ0n) is 9.79. The van der Waals surface area contributed by atoms with Crippen LogP contribution in [0, 0.1) is 11.3 Å². The fraction of sp³-hybridized carbons (Fsp3) is 1.00. The lowest BCUT2D eigenvalue weighted by molar-refractivity contribution is -0.0734. The van der Waals surface area contributed by atoms with Crippen molar-refractivity contribution < 1.29 is 9.84 Å². The summed E-state index contributed by atoms with van der Waals surface area (Å²) < 4.78 is 5.68. The minimum Gasteiger partial charge on any atom is -0.391 e. The number of hydrogen-bond acceptors (Lipinski definition) is 2. The second kappa shape index (κ2) is 4.97. The average molecular weight is 188 g/mol. The molecule has 0 aromatic rings. The van der Waals surface area contributed by atoms with E-state index in [1.807, 2.05) is 0 Å². The van der Waals surface area contributed by atoms with E-state index in [4.69, 9.17) is 9.84 Å². The monoisotopic (exact) mass is 188 g/mol. The maximum absolute atomic E-state index is 9.12. The van der Waals surface area contributed by atoms with Crippen molar-refractivity contribution in [2.24, 2.45) is 11.3 Å². The lowest BCUT2D eigenvalue weighted by Crippen LogP contribution is -2.35. The summed E-state index contributed by atoms with van der Waals surface area (Å²) in [5.74, 6) is 0.485. The van der Waals surface area contributed by atoms with Gasteiger partial charge in [0.05, 0.1) is 18.8 Å². The van der Waals surface area contributed by atoms with Gasteiger partial charge in [-0.15, -0.1) is 0 Å². The summed E-state index contributed by atoms with van der Waals surface area (Å²) >= 11 is 0. The molecule has 2 unspecified atom stereocenters. The van der Waals surface area contributed by atoms with Gasteiger partial charge in [0.25, 0.3) is 0 Å². The molecule has 0 aliphatic carbocycles. The summed E-state index contributed by atoms with van der Waals surface area (Å²) in [6, 6.07) is 0. The number of aliphatic hydroxyl groups is 1. The van der Waals surface area contributed by atoms with Gasteiger partial charge in [0.2, 0.25) is 0 Å². The molecule has 0 amide bonds. The minimum atomic E-state index is -0.372. The van der Waals surface area contributed by atoms with Crippen LogP contribution in [0.4, 0.5) is 0 Å². The molecule has 13 heavy (non-hydrogen) atoms. The normalized spacial score (nSPS) is 17.5. The van der Waals surface area contributed by atoms with Crippen molar-refractivity contribution in [2.75, 3.05) is 6.61 Å². The van der Waals surface area contributed by atoms with Gasteiger partial charge in [-0.3, -0.25) is 0 Å². The molecular formula is C11H24O2. The molecule has 0 rings (SSSR count). The molecular weight excluding hydrogens is 164 g/mol. The molecule has 2 nitrogen and oxygen atoms in total. The van der Waals surface area contributed by atoms with E-state index in [0.717, 1.165) is 0 Å². The SMILES string of the molecule is CC(O)COC(C(C)C)C(C)(C)C. The molecule has 2 atom stereocenters. The number of ether oxygens (including phenoxy) is 1. The Morgan fingerprint density at radius 1 is 1.15 bits per heavy atom. The van der Waals surface area contributed by atoms with Crippen molar-refractivity contribution in [3.05, 3.63) is 0 Å². The lowest BCUT2D eigenvalue weighted by Gasteiger charge is -2.34. The van der Waals surface area contributed by atoms with Gasteiger partial charge in [0, 0.05) is 0 Å². The summed E-state index contributed by atoms with van der Waals surface area (Å²) in [6.45, 7) is 13.0. The topological polar surface area (TPSA) is 29.5 Å². The quantitative estimate of drug-likeness (QED) is 0.734. The van der Waals surface area contributed by atoms with Crippen LogP contribution in [0.1, 0.15) is 41.5 Å². The van der Waals surface area contributed by atoms with E-state index in [9.17, 15) is 0 Å². The van der Waals surface area contributed by atoms with Crippen LogP contribution in [0.2, 0.25) is 0 Å². The van der Waals surface area contributed by atoms with Gasteiger partial charge >= 0.3 is 0 Å². The summed E-state index contributed by atoms with van der Waals surface area (Å²) in [5.41, 5.74) is 0.142. The van der Waals surface area contributed by atoms with Crippen molar-refractivity contribution in [1.82, 2.24) is 0 Å². The molecule has 0 aromatic heterocycles. The van der Waals surface area contributed by atoms with Crippen LogP contribution in [0.3, 0.4) is 0 Å². The fourth-order valence-corrected chi connectivity index (χ4v) is 1.69. The van der Waals surface area contributed by atoms with E-state index in [-0.39, 0.29) is 17.6 Å². The van der Waals surface area contributed by atoms with E-state index in [2.05, 4.69) is 34.6 Å². The highest BCUT2D eigenvalue weighted by Gasteiger charge is 2.28. The first kappa shape index (κ1) is 12.9. The van der Waals surface area contributed by atoms with E-state index in [1.165, 1.54) is 0 Å². The maximum Gasteiger partial charge on any atom is 0.0745 e. The smallest absolute Gasteiger partial charge is 0.0745 e. The van der Waals surface area contributed by atoms with E-state index in [0.29, 0.717) is 12.5 Å². The van der Waals surface area contributed by atoms with Gasteiger partial charge in [-0.05, 0) is 18.3 Å². The third kappa shape index (κ3) is 5.27. The second-order valence-corrected chi connectivity index (χ2v) is 5.21. The molecule has 0 radical (unpaired) electrons. The Morgan fingerprint density at radius 2 is 1.62 bits per heavy atom. The minimum absolute atomic E-state index is 0.142. The third-order valence-corrected chi connectivity index (χ3v) is 1.98. The van der Waals surface area contributed by atoms with Crippen molar-refractivity contribution in [3.8, 4) is 0 Å². The fourth-order valence-electron chi connectivity index (χ4n) is 1.69. The van der Waals surface area contributed by atoms with Gasteiger partial charge < -0.3 is 9.84 Å². The van der Waals surface area contributed by atoms with Gasteiger partial charge in [-0.25, -0.2) is 0 Å². The molecule has 2 heteroatoms. The summed E-state index contributed by atoms with van der Waals surface area (Å²) in [6.07, 6.45) is -0.161. The second-order valence-electron chi connectivity index (χ2n) is 5.21. The van der Waals surface area contributed by atoms with Crippen LogP contribution in [0.5, 0.6) is 0 Å². The lowest BCUT2D eigenvalue weighted by atomic mass is 9.82. The number of hydrogen-bond donors (Lipinski definition) is 1. The molecule has 0 saturated heterocycles. The number of aliphatic hydroxyl groups excluding tert-OH is 1. The summed E-state index contributed by atoms with van der Waals surface area (Å²) in [4.78, 5) is 0. The highest BCUT2D eigenvalue weighted by Crippen LogP contribution is 2.28. The maximum atomic E-state index is 9.12. The van der Waals surface area contributed by atoms with Crippen LogP contribution >= 0.6 is 0 Å². The first-order valence-corrected chi connectivity index (χ1v) is 5.04. The Balaban J connectivity index is 4.12. The molecule has 0 aromatic carbocycles. The molecule has 0 saturated carbocycles. The molecule has 0 fully saturated rings. The highest BCUT2D eigenvalue weighted by molar-refractivity contribution is 4.77. The van der Waals surface area contributed by atoms with Crippen molar-refractivity contribution in [3.63, 3.8) is 0 Å². The summed E-state index contributed by atoms with van der Waals surface area (Å²) in [5, 5.41) is 9.12. The Hall–Kier alpha value is -0.0800. The zero-order chi connectivity index (χ0) is 10.6. The molecule has 0 aliphatic heterocycles. The highest BCUT2D eigenvalue weighted by atomic mass is 16.5. The Morgan fingerprint density at radius 3 is 1.85 bits per heavy atom. The van der Waals surface area contributed by atoms with Gasteiger partial charge in [-0.2, -0.15) is 0 Å². The molecule has 0 aliphatic rings. The van der Waals surface area contributed by atoms with Gasteiger partial charge in [-0.1, -0.05) is 34.6 Å². The van der Waals surface area contributed by atoms with Crippen LogP contribution in [-0.2, 0) is 4.74 Å².